The van der Waals surface area contributed by atoms with Crippen LogP contribution in [0.2, 0.25) is 0 Å². The van der Waals surface area contributed by atoms with Crippen molar-refractivity contribution in [2.45, 2.75) is 19.8 Å². The van der Waals surface area contributed by atoms with Crippen LogP contribution in [0.1, 0.15) is 19.8 Å². The lowest BCUT2D eigenvalue weighted by Crippen LogP contribution is -2.29. The van der Waals surface area contributed by atoms with Gasteiger partial charge < -0.3 is 24.4 Å². The van der Waals surface area contributed by atoms with Crippen LogP contribution in [-0.2, 0) is 14.2 Å². The largest absolute Gasteiger partial charge is 0.379 e. The molecule has 0 aromatic heterocycles. The molecule has 2 aliphatic rings. The van der Waals surface area contributed by atoms with E-state index in [4.69, 9.17) is 14.2 Å². The highest BCUT2D eigenvalue weighted by atomic mass is 16.5. The second-order valence-electron chi connectivity index (χ2n) is 6.13. The Morgan fingerprint density at radius 1 is 0.857 bits per heavy atom. The van der Waals surface area contributed by atoms with E-state index in [1.165, 1.54) is 32.6 Å². The molecule has 1 N–H and O–H groups in total. The van der Waals surface area contributed by atoms with E-state index >= 15 is 0 Å². The van der Waals surface area contributed by atoms with Gasteiger partial charge in [0, 0.05) is 26.2 Å². The Morgan fingerprint density at radius 3 is 2.05 bits per heavy atom. The molecule has 2 fully saturated rings. The molecule has 2 rings (SSSR count). The first-order chi connectivity index (χ1) is 10.4. The molecule has 124 valence electrons. The van der Waals surface area contributed by atoms with Gasteiger partial charge in [-0.15, -0.1) is 0 Å². The Hall–Kier alpha value is -0.200. The van der Waals surface area contributed by atoms with Gasteiger partial charge in [0.1, 0.15) is 0 Å². The topological polar surface area (TPSA) is 43.0 Å². The predicted molar refractivity (Wildman–Crippen MR) is 83.7 cm³/mol. The van der Waals surface area contributed by atoms with Crippen molar-refractivity contribution in [1.29, 1.82) is 0 Å². The number of rotatable bonds is 12. The summed E-state index contributed by atoms with van der Waals surface area (Å²) in [6.07, 6.45) is 2.32. The minimum absolute atomic E-state index is 0.673. The highest BCUT2D eigenvalue weighted by Crippen LogP contribution is 2.25. The van der Waals surface area contributed by atoms with Crippen molar-refractivity contribution in [3.05, 3.63) is 0 Å². The monoisotopic (exact) mass is 300 g/mol. The Morgan fingerprint density at radius 2 is 1.43 bits per heavy atom. The summed E-state index contributed by atoms with van der Waals surface area (Å²) in [5.74, 6) is 1.75. The molecule has 0 spiro atoms. The Balaban J connectivity index is 1.31. The lowest BCUT2D eigenvalue weighted by atomic mass is 10.0. The van der Waals surface area contributed by atoms with Crippen LogP contribution in [0.15, 0.2) is 0 Å². The second-order valence-corrected chi connectivity index (χ2v) is 6.13. The first kappa shape index (κ1) is 17.2. The van der Waals surface area contributed by atoms with E-state index in [2.05, 4.69) is 17.1 Å². The molecule has 0 aromatic rings. The van der Waals surface area contributed by atoms with Crippen LogP contribution in [0.3, 0.4) is 0 Å². The molecule has 0 radical (unpaired) electrons. The fraction of sp³-hybridized carbons (Fsp3) is 1.00. The van der Waals surface area contributed by atoms with Crippen molar-refractivity contribution in [3.63, 3.8) is 0 Å². The van der Waals surface area contributed by atoms with Gasteiger partial charge in [0.15, 0.2) is 0 Å². The molecule has 2 atom stereocenters. The predicted octanol–water partition coefficient (Wildman–Crippen LogP) is 0.988. The fourth-order valence-electron chi connectivity index (χ4n) is 3.12. The van der Waals surface area contributed by atoms with Crippen LogP contribution in [0.5, 0.6) is 0 Å². The van der Waals surface area contributed by atoms with E-state index in [1.807, 2.05) is 0 Å². The molecular formula is C16H32N2O3. The van der Waals surface area contributed by atoms with E-state index in [-0.39, 0.29) is 0 Å². The van der Waals surface area contributed by atoms with E-state index in [9.17, 15) is 0 Å². The van der Waals surface area contributed by atoms with Gasteiger partial charge in [0.05, 0.1) is 33.0 Å². The lowest BCUT2D eigenvalue weighted by Gasteiger charge is -2.16. The first-order valence-corrected chi connectivity index (χ1v) is 8.56. The molecule has 5 nitrogen and oxygen atoms in total. The summed E-state index contributed by atoms with van der Waals surface area (Å²) < 4.78 is 16.5. The smallest absolute Gasteiger partial charge is 0.0701 e. The SMILES string of the molecule is CCCCOCCOCCOCCN1CC2CNCC2C1. The number of fused-ring (bicyclic) bond motifs is 1. The zero-order valence-electron chi connectivity index (χ0n) is 13.5. The number of nitrogens with zero attached hydrogens (tertiary/aromatic N) is 1. The number of unbranched alkanes of at least 4 members (excludes halogenated alkanes) is 1. The molecule has 0 aromatic carbocycles. The molecule has 0 bridgehead atoms. The second kappa shape index (κ2) is 10.5. The van der Waals surface area contributed by atoms with Crippen molar-refractivity contribution in [3.8, 4) is 0 Å². The Bertz CT molecular complexity index is 254. The third-order valence-corrected chi connectivity index (χ3v) is 4.40. The molecule has 2 heterocycles. The normalized spacial score (nSPS) is 25.6. The van der Waals surface area contributed by atoms with Gasteiger partial charge in [-0.05, 0) is 31.3 Å². The van der Waals surface area contributed by atoms with Gasteiger partial charge in [-0.3, -0.25) is 0 Å². The van der Waals surface area contributed by atoms with E-state index in [0.29, 0.717) is 26.4 Å². The van der Waals surface area contributed by atoms with Crippen LogP contribution < -0.4 is 5.32 Å². The van der Waals surface area contributed by atoms with Crippen LogP contribution in [-0.4, -0.2) is 77.3 Å². The summed E-state index contributed by atoms with van der Waals surface area (Å²) >= 11 is 0. The van der Waals surface area contributed by atoms with Crippen molar-refractivity contribution < 1.29 is 14.2 Å². The van der Waals surface area contributed by atoms with Crippen LogP contribution in [0.4, 0.5) is 0 Å². The molecule has 21 heavy (non-hydrogen) atoms. The van der Waals surface area contributed by atoms with Gasteiger partial charge in [-0.25, -0.2) is 0 Å². The molecular weight excluding hydrogens is 268 g/mol. The van der Waals surface area contributed by atoms with E-state index in [0.717, 1.165) is 38.0 Å². The number of nitrogens with one attached hydrogen (secondary N) is 1. The molecule has 0 aliphatic carbocycles. The Labute approximate surface area is 129 Å². The summed E-state index contributed by atoms with van der Waals surface area (Å²) in [4.78, 5) is 2.54. The molecule has 2 aliphatic heterocycles. The number of ether oxygens (including phenoxy) is 3. The van der Waals surface area contributed by atoms with Crippen LogP contribution in [0, 0.1) is 11.8 Å². The summed E-state index contributed by atoms with van der Waals surface area (Å²) in [5.41, 5.74) is 0. The summed E-state index contributed by atoms with van der Waals surface area (Å²) in [6, 6.07) is 0. The van der Waals surface area contributed by atoms with Crippen molar-refractivity contribution in [2.24, 2.45) is 11.8 Å². The van der Waals surface area contributed by atoms with E-state index in [1.54, 1.807) is 0 Å². The maximum atomic E-state index is 5.64. The minimum atomic E-state index is 0.673. The third kappa shape index (κ3) is 6.61. The van der Waals surface area contributed by atoms with Crippen LogP contribution in [0.25, 0.3) is 0 Å². The van der Waals surface area contributed by atoms with Gasteiger partial charge in [-0.2, -0.15) is 0 Å². The summed E-state index contributed by atoms with van der Waals surface area (Å²) in [7, 11) is 0. The van der Waals surface area contributed by atoms with Gasteiger partial charge >= 0.3 is 0 Å². The van der Waals surface area contributed by atoms with Crippen molar-refractivity contribution >= 4 is 0 Å². The van der Waals surface area contributed by atoms with Crippen molar-refractivity contribution in [2.75, 3.05) is 72.4 Å². The van der Waals surface area contributed by atoms with Gasteiger partial charge in [0.2, 0.25) is 0 Å². The standard InChI is InChI=1S/C16H32N2O3/c1-2-3-5-19-7-9-21-10-8-20-6-4-18-13-15-11-17-12-16(15)14-18/h15-17H,2-14H2,1H3. The number of hydrogen-bond donors (Lipinski definition) is 1. The Kier molecular flexibility index (Phi) is 8.59. The molecule has 5 heteroatoms. The zero-order chi connectivity index (χ0) is 14.8. The maximum absolute atomic E-state index is 5.64. The fourth-order valence-corrected chi connectivity index (χ4v) is 3.12. The number of likely N-dealkylation sites (tertiary alicyclic amines) is 1. The first-order valence-electron chi connectivity index (χ1n) is 8.56. The highest BCUT2D eigenvalue weighted by molar-refractivity contribution is 4.90. The lowest BCUT2D eigenvalue weighted by molar-refractivity contribution is 0.0108. The van der Waals surface area contributed by atoms with Gasteiger partial charge in [0.25, 0.3) is 0 Å². The van der Waals surface area contributed by atoms with Crippen molar-refractivity contribution in [1.82, 2.24) is 10.2 Å². The van der Waals surface area contributed by atoms with Gasteiger partial charge in [-0.1, -0.05) is 13.3 Å². The summed E-state index contributed by atoms with van der Waals surface area (Å²) in [6.45, 7) is 12.5. The molecule has 0 amide bonds. The average Bonchev–Trinajstić information content (AvgIpc) is 3.06. The zero-order valence-corrected chi connectivity index (χ0v) is 13.5. The molecule has 0 saturated carbocycles. The quantitative estimate of drug-likeness (QED) is 0.545. The maximum Gasteiger partial charge on any atom is 0.0701 e. The third-order valence-electron chi connectivity index (χ3n) is 4.40. The van der Waals surface area contributed by atoms with Crippen LogP contribution >= 0.6 is 0 Å². The minimum Gasteiger partial charge on any atom is -0.379 e. The van der Waals surface area contributed by atoms with E-state index < -0.39 is 0 Å². The summed E-state index contributed by atoms with van der Waals surface area (Å²) in [5, 5.41) is 3.47. The highest BCUT2D eigenvalue weighted by Gasteiger charge is 2.35. The molecule has 2 unspecified atom stereocenters. The molecule has 2 saturated heterocycles. The number of hydrogen-bond acceptors (Lipinski definition) is 5. The average molecular weight is 300 g/mol.